The van der Waals surface area contributed by atoms with E-state index < -0.39 is 17.7 Å². The summed E-state index contributed by atoms with van der Waals surface area (Å²) in [4.78, 5) is 23.3. The molecule has 0 radical (unpaired) electrons. The van der Waals surface area contributed by atoms with E-state index in [9.17, 15) is 14.0 Å². The van der Waals surface area contributed by atoms with Crippen molar-refractivity contribution in [3.63, 3.8) is 0 Å². The zero-order chi connectivity index (χ0) is 19.2. The fraction of sp³-hybridized carbons (Fsp3) is 0.0476. The number of nitrogens with one attached hydrogen (secondary N) is 1. The first kappa shape index (κ1) is 18.1. The second-order valence-corrected chi connectivity index (χ2v) is 5.71. The molecule has 0 bridgehead atoms. The van der Waals surface area contributed by atoms with Gasteiger partial charge >= 0.3 is 5.97 Å². The molecular formula is C21H16FNO4. The molecule has 0 saturated carbocycles. The van der Waals surface area contributed by atoms with Gasteiger partial charge in [0, 0.05) is 11.3 Å². The number of ether oxygens (including phenoxy) is 1. The predicted octanol–water partition coefficient (Wildman–Crippen LogP) is 4.36. The molecule has 5 nitrogen and oxygen atoms in total. The van der Waals surface area contributed by atoms with Gasteiger partial charge in [0.25, 0.3) is 5.91 Å². The Bertz CT molecular complexity index is 973. The van der Waals surface area contributed by atoms with Gasteiger partial charge in [-0.15, -0.1) is 0 Å². The Morgan fingerprint density at radius 1 is 0.963 bits per heavy atom. The van der Waals surface area contributed by atoms with Crippen LogP contribution in [0.5, 0.6) is 5.75 Å². The van der Waals surface area contributed by atoms with Crippen molar-refractivity contribution in [1.29, 1.82) is 0 Å². The van der Waals surface area contributed by atoms with Crippen LogP contribution in [0.4, 0.5) is 10.1 Å². The van der Waals surface area contributed by atoms with E-state index in [0.717, 1.165) is 17.7 Å². The lowest BCUT2D eigenvalue weighted by atomic mass is 10.1. The van der Waals surface area contributed by atoms with E-state index in [-0.39, 0.29) is 17.7 Å². The maximum Gasteiger partial charge on any atom is 0.335 e. The van der Waals surface area contributed by atoms with Crippen LogP contribution in [0.1, 0.15) is 26.3 Å². The lowest BCUT2D eigenvalue weighted by Gasteiger charge is -2.13. The molecule has 0 fully saturated rings. The van der Waals surface area contributed by atoms with E-state index in [1.807, 2.05) is 36.4 Å². The molecule has 6 heteroatoms. The molecule has 0 spiro atoms. The Labute approximate surface area is 155 Å². The largest absolute Gasteiger partial charge is 0.489 e. The highest BCUT2D eigenvalue weighted by molar-refractivity contribution is 6.05. The van der Waals surface area contributed by atoms with Crippen LogP contribution >= 0.6 is 0 Å². The number of carboxylic acids is 1. The van der Waals surface area contributed by atoms with Gasteiger partial charge in [-0.25, -0.2) is 9.18 Å². The molecule has 0 aliphatic carbocycles. The van der Waals surface area contributed by atoms with Crippen LogP contribution in [0.3, 0.4) is 0 Å². The van der Waals surface area contributed by atoms with Crippen molar-refractivity contribution < 1.29 is 23.8 Å². The highest BCUT2D eigenvalue weighted by atomic mass is 19.1. The first-order valence-electron chi connectivity index (χ1n) is 8.14. The third-order valence-electron chi connectivity index (χ3n) is 3.86. The Hall–Kier alpha value is -3.67. The fourth-order valence-electron chi connectivity index (χ4n) is 2.47. The van der Waals surface area contributed by atoms with Crippen molar-refractivity contribution in [2.75, 3.05) is 5.32 Å². The number of aromatic carboxylic acids is 1. The number of anilines is 1. The van der Waals surface area contributed by atoms with Gasteiger partial charge in [0.05, 0.1) is 11.1 Å². The molecule has 1 amide bonds. The molecule has 0 aliphatic rings. The van der Waals surface area contributed by atoms with Crippen LogP contribution in [0, 0.1) is 5.82 Å². The van der Waals surface area contributed by atoms with Crippen molar-refractivity contribution in [3.8, 4) is 5.75 Å². The number of hydrogen-bond acceptors (Lipinski definition) is 3. The Morgan fingerprint density at radius 2 is 1.67 bits per heavy atom. The van der Waals surface area contributed by atoms with E-state index in [0.29, 0.717) is 11.4 Å². The fourth-order valence-corrected chi connectivity index (χ4v) is 2.47. The normalized spacial score (nSPS) is 10.3. The quantitative estimate of drug-likeness (QED) is 0.681. The van der Waals surface area contributed by atoms with Gasteiger partial charge in [-0.1, -0.05) is 36.4 Å². The van der Waals surface area contributed by atoms with Gasteiger partial charge in [0.1, 0.15) is 18.2 Å². The number of carbonyl (C=O) groups is 2. The monoisotopic (exact) mass is 365 g/mol. The van der Waals surface area contributed by atoms with Crippen molar-refractivity contribution >= 4 is 17.6 Å². The average molecular weight is 365 g/mol. The molecule has 3 aromatic rings. The van der Waals surface area contributed by atoms with Crippen LogP contribution in [0.2, 0.25) is 0 Å². The SMILES string of the molecule is O=C(O)c1ccc(C(=O)Nc2ccccc2COc2ccccc2)c(F)c1. The zero-order valence-electron chi connectivity index (χ0n) is 14.2. The molecule has 27 heavy (non-hydrogen) atoms. The first-order valence-corrected chi connectivity index (χ1v) is 8.14. The van der Waals surface area contributed by atoms with Gasteiger partial charge < -0.3 is 15.2 Å². The number of amides is 1. The van der Waals surface area contributed by atoms with Crippen molar-refractivity contribution in [2.45, 2.75) is 6.61 Å². The number of hydrogen-bond donors (Lipinski definition) is 2. The Balaban J connectivity index is 1.75. The molecule has 0 heterocycles. The Morgan fingerprint density at radius 3 is 2.37 bits per heavy atom. The summed E-state index contributed by atoms with van der Waals surface area (Å²) in [5.74, 6) is -2.14. The number of benzene rings is 3. The summed E-state index contributed by atoms with van der Waals surface area (Å²) in [7, 11) is 0. The Kier molecular flexibility index (Phi) is 5.47. The van der Waals surface area contributed by atoms with Crippen LogP contribution < -0.4 is 10.1 Å². The van der Waals surface area contributed by atoms with Crippen LogP contribution in [0.25, 0.3) is 0 Å². The predicted molar refractivity (Wildman–Crippen MR) is 98.5 cm³/mol. The topological polar surface area (TPSA) is 75.6 Å². The zero-order valence-corrected chi connectivity index (χ0v) is 14.2. The number of rotatable bonds is 6. The van der Waals surface area contributed by atoms with Crippen molar-refractivity contribution in [1.82, 2.24) is 0 Å². The maximum absolute atomic E-state index is 14.1. The molecule has 0 unspecified atom stereocenters. The van der Waals surface area contributed by atoms with Gasteiger partial charge in [0.15, 0.2) is 0 Å². The minimum Gasteiger partial charge on any atom is -0.489 e. The van der Waals surface area contributed by atoms with E-state index >= 15 is 0 Å². The second kappa shape index (κ2) is 8.14. The summed E-state index contributed by atoms with van der Waals surface area (Å²) in [6, 6.07) is 19.4. The summed E-state index contributed by atoms with van der Waals surface area (Å²) in [5, 5.41) is 11.5. The van der Waals surface area contributed by atoms with Gasteiger partial charge in [-0.3, -0.25) is 4.79 Å². The second-order valence-electron chi connectivity index (χ2n) is 5.71. The summed E-state index contributed by atoms with van der Waals surface area (Å²) in [6.45, 7) is 0.223. The minimum atomic E-state index is -1.26. The molecule has 0 saturated heterocycles. The smallest absolute Gasteiger partial charge is 0.335 e. The molecule has 136 valence electrons. The number of halogens is 1. The van der Waals surface area contributed by atoms with E-state index in [1.165, 1.54) is 6.07 Å². The molecule has 0 aliphatic heterocycles. The highest BCUT2D eigenvalue weighted by Gasteiger charge is 2.16. The summed E-state index contributed by atoms with van der Waals surface area (Å²) >= 11 is 0. The van der Waals surface area contributed by atoms with Gasteiger partial charge in [-0.2, -0.15) is 0 Å². The van der Waals surface area contributed by atoms with Gasteiger partial charge in [0.2, 0.25) is 0 Å². The van der Waals surface area contributed by atoms with Crippen LogP contribution in [-0.4, -0.2) is 17.0 Å². The van der Waals surface area contributed by atoms with E-state index in [4.69, 9.17) is 9.84 Å². The molecule has 3 aromatic carbocycles. The lowest BCUT2D eigenvalue weighted by molar-refractivity contribution is 0.0695. The van der Waals surface area contributed by atoms with Crippen LogP contribution in [0.15, 0.2) is 72.8 Å². The third-order valence-corrected chi connectivity index (χ3v) is 3.86. The number of carboxylic acid groups (broad SMARTS) is 1. The first-order chi connectivity index (χ1) is 13.0. The summed E-state index contributed by atoms with van der Waals surface area (Å²) in [6.07, 6.45) is 0. The maximum atomic E-state index is 14.1. The van der Waals surface area contributed by atoms with E-state index in [2.05, 4.69) is 5.32 Å². The third kappa shape index (κ3) is 4.49. The highest BCUT2D eigenvalue weighted by Crippen LogP contribution is 2.20. The molecule has 2 N–H and O–H groups in total. The van der Waals surface area contributed by atoms with Crippen molar-refractivity contribution in [3.05, 3.63) is 95.3 Å². The molecule has 0 atom stereocenters. The summed E-state index contributed by atoms with van der Waals surface area (Å²) in [5.41, 5.74) is 0.747. The standard InChI is InChI=1S/C21H16FNO4/c22-18-12-14(21(25)26)10-11-17(18)20(24)23-19-9-5-4-6-15(19)13-27-16-7-2-1-3-8-16/h1-12H,13H2,(H,23,24)(H,25,26). The number of carbonyl (C=O) groups excluding carboxylic acids is 1. The van der Waals surface area contributed by atoms with E-state index in [1.54, 1.807) is 18.2 Å². The molecular weight excluding hydrogens is 349 g/mol. The average Bonchev–Trinajstić information content (AvgIpc) is 2.68. The molecule has 3 rings (SSSR count). The van der Waals surface area contributed by atoms with Gasteiger partial charge in [-0.05, 0) is 36.4 Å². The van der Waals surface area contributed by atoms with Crippen molar-refractivity contribution in [2.24, 2.45) is 0 Å². The minimum absolute atomic E-state index is 0.222. The summed E-state index contributed by atoms with van der Waals surface area (Å²) < 4.78 is 19.8. The lowest BCUT2D eigenvalue weighted by Crippen LogP contribution is -2.16. The number of para-hydroxylation sites is 2. The molecule has 0 aromatic heterocycles. The van der Waals surface area contributed by atoms with Crippen LogP contribution in [-0.2, 0) is 6.61 Å².